The highest BCUT2D eigenvalue weighted by molar-refractivity contribution is 5.97. The number of carbonyl (C=O) groups excluding carboxylic acids is 1. The second-order valence-electron chi connectivity index (χ2n) is 10.5. The molecule has 1 aromatic carbocycles. The van der Waals surface area contributed by atoms with E-state index in [0.717, 1.165) is 45.2 Å². The van der Waals surface area contributed by atoms with Crippen molar-refractivity contribution in [2.45, 2.75) is 97.8 Å². The van der Waals surface area contributed by atoms with Gasteiger partial charge >= 0.3 is 0 Å². The fourth-order valence-electron chi connectivity index (χ4n) is 4.27. The number of hydrogen-bond donors (Lipinski definition) is 3. The third-order valence-electron chi connectivity index (χ3n) is 6.27. The van der Waals surface area contributed by atoms with Gasteiger partial charge in [-0.25, -0.2) is 4.39 Å². The van der Waals surface area contributed by atoms with Gasteiger partial charge in [-0.15, -0.1) is 0 Å². The van der Waals surface area contributed by atoms with Gasteiger partial charge in [-0.2, -0.15) is 0 Å². The summed E-state index contributed by atoms with van der Waals surface area (Å²) in [7, 11) is 0. The van der Waals surface area contributed by atoms with Crippen molar-refractivity contribution >= 4 is 22.5 Å². The number of aromatic nitrogens is 1. The van der Waals surface area contributed by atoms with Gasteiger partial charge in [0.2, 0.25) is 0 Å². The van der Waals surface area contributed by atoms with Crippen LogP contribution in [-0.2, 0) is 0 Å². The number of anilines is 1. The summed E-state index contributed by atoms with van der Waals surface area (Å²) in [6.07, 6.45) is 7.24. The highest BCUT2D eigenvalue weighted by Gasteiger charge is 2.32. The highest BCUT2D eigenvalue weighted by Crippen LogP contribution is 2.33. The maximum atomic E-state index is 14.4. The van der Waals surface area contributed by atoms with E-state index in [1.807, 2.05) is 18.7 Å². The molecule has 0 bridgehead atoms. The molecule has 0 atom stereocenters. The van der Waals surface area contributed by atoms with Crippen LogP contribution in [-0.4, -0.2) is 51.9 Å². The molecule has 3 N–H and O–H groups in total. The molecule has 1 amide bonds. The molecule has 0 radical (unpaired) electrons. The van der Waals surface area contributed by atoms with Crippen molar-refractivity contribution in [3.8, 4) is 0 Å². The zero-order valence-corrected chi connectivity index (χ0v) is 22.3. The monoisotopic (exact) mass is 489 g/mol. The summed E-state index contributed by atoms with van der Waals surface area (Å²) in [6.45, 7) is 13.1. The van der Waals surface area contributed by atoms with Crippen LogP contribution in [0.15, 0.2) is 24.4 Å². The first-order chi connectivity index (χ1) is 16.5. The van der Waals surface area contributed by atoms with Crippen LogP contribution >= 0.6 is 0 Å². The number of amides is 1. The number of aliphatic hydroxyl groups excluding tert-OH is 1. The SMILES string of the molecule is CC(C)(O)C1CCC(NC(=O)c2cnc3cc(N4CCC4)c(F)cc3c2)CC1.CC(C)O.CCC. The molecular formula is C28H44FN3O3. The zero-order chi connectivity index (χ0) is 26.2. The van der Waals surface area contributed by atoms with Gasteiger partial charge in [-0.3, -0.25) is 9.78 Å². The fourth-order valence-corrected chi connectivity index (χ4v) is 4.27. The Morgan fingerprint density at radius 2 is 1.74 bits per heavy atom. The molecule has 1 aromatic heterocycles. The number of carbonyl (C=O) groups is 1. The van der Waals surface area contributed by atoms with Crippen LogP contribution in [0.4, 0.5) is 10.1 Å². The van der Waals surface area contributed by atoms with Gasteiger partial charge in [0, 0.05) is 36.8 Å². The largest absolute Gasteiger partial charge is 0.394 e. The number of benzene rings is 1. The molecule has 35 heavy (non-hydrogen) atoms. The van der Waals surface area contributed by atoms with Crippen LogP contribution in [0.3, 0.4) is 0 Å². The van der Waals surface area contributed by atoms with Crippen LogP contribution in [0.1, 0.15) is 90.4 Å². The Balaban J connectivity index is 0.000000551. The average Bonchev–Trinajstić information content (AvgIpc) is 2.72. The fraction of sp³-hybridized carbons (Fsp3) is 0.643. The first-order valence-corrected chi connectivity index (χ1v) is 13.0. The average molecular weight is 490 g/mol. The summed E-state index contributed by atoms with van der Waals surface area (Å²) in [5.41, 5.74) is 1.07. The van der Waals surface area contributed by atoms with Crippen LogP contribution in [0.5, 0.6) is 0 Å². The molecule has 2 aliphatic rings. The number of aliphatic hydroxyl groups is 2. The van der Waals surface area contributed by atoms with E-state index in [4.69, 9.17) is 5.11 Å². The lowest BCUT2D eigenvalue weighted by atomic mass is 9.77. The molecule has 2 aromatic rings. The smallest absolute Gasteiger partial charge is 0.253 e. The molecule has 1 saturated heterocycles. The van der Waals surface area contributed by atoms with Gasteiger partial charge in [0.05, 0.1) is 22.4 Å². The minimum Gasteiger partial charge on any atom is -0.394 e. The van der Waals surface area contributed by atoms with E-state index in [1.165, 1.54) is 12.5 Å². The Morgan fingerprint density at radius 1 is 1.17 bits per heavy atom. The first-order valence-electron chi connectivity index (χ1n) is 13.0. The number of pyridine rings is 1. The molecule has 1 aliphatic heterocycles. The van der Waals surface area contributed by atoms with Crippen molar-refractivity contribution in [3.63, 3.8) is 0 Å². The maximum absolute atomic E-state index is 14.4. The Bertz CT molecular complexity index is 944. The maximum Gasteiger partial charge on any atom is 0.253 e. The predicted octanol–water partition coefficient (Wildman–Crippen LogP) is 5.45. The third kappa shape index (κ3) is 8.73. The standard InChI is InChI=1S/C22H28FN3O2.C3H8O.C3H8/c1-22(2,28)16-4-6-17(7-5-16)25-21(27)15-10-14-11-18(23)20(26-8-3-9-26)12-19(14)24-13-15;1-3(2)4;1-3-2/h10-13,16-17,28H,3-9H2,1-2H3,(H,25,27);3-4H,1-2H3;3H2,1-2H3. The number of hydrogen-bond acceptors (Lipinski definition) is 5. The first kappa shape index (κ1) is 29.0. The summed E-state index contributed by atoms with van der Waals surface area (Å²) >= 11 is 0. The summed E-state index contributed by atoms with van der Waals surface area (Å²) in [5.74, 6) is -0.170. The molecule has 196 valence electrons. The third-order valence-corrected chi connectivity index (χ3v) is 6.27. The summed E-state index contributed by atoms with van der Waals surface area (Å²) in [5, 5.41) is 21.9. The molecule has 0 unspecified atom stereocenters. The van der Waals surface area contributed by atoms with Crippen LogP contribution in [0, 0.1) is 11.7 Å². The molecule has 0 spiro atoms. The molecular weight excluding hydrogens is 445 g/mol. The minimum absolute atomic E-state index is 0.104. The number of nitrogens with zero attached hydrogens (tertiary/aromatic N) is 2. The van der Waals surface area contributed by atoms with E-state index in [1.54, 1.807) is 32.2 Å². The van der Waals surface area contributed by atoms with E-state index < -0.39 is 5.60 Å². The van der Waals surface area contributed by atoms with Crippen LogP contribution < -0.4 is 10.2 Å². The van der Waals surface area contributed by atoms with E-state index in [2.05, 4.69) is 24.1 Å². The summed E-state index contributed by atoms with van der Waals surface area (Å²) < 4.78 is 14.4. The molecule has 1 saturated carbocycles. The molecule has 1 aliphatic carbocycles. The van der Waals surface area contributed by atoms with Crippen molar-refractivity contribution in [2.75, 3.05) is 18.0 Å². The van der Waals surface area contributed by atoms with Crippen molar-refractivity contribution in [3.05, 3.63) is 35.8 Å². The zero-order valence-electron chi connectivity index (χ0n) is 22.3. The second kappa shape index (κ2) is 13.2. The van der Waals surface area contributed by atoms with Crippen molar-refractivity contribution in [1.29, 1.82) is 0 Å². The van der Waals surface area contributed by atoms with E-state index in [9.17, 15) is 14.3 Å². The number of halogens is 1. The van der Waals surface area contributed by atoms with Gasteiger partial charge in [0.1, 0.15) is 5.82 Å². The van der Waals surface area contributed by atoms with Gasteiger partial charge in [-0.05, 0) is 83.9 Å². The summed E-state index contributed by atoms with van der Waals surface area (Å²) in [6, 6.07) is 5.06. The lowest BCUT2D eigenvalue weighted by Gasteiger charge is -2.36. The highest BCUT2D eigenvalue weighted by atomic mass is 19.1. The predicted molar refractivity (Wildman–Crippen MR) is 141 cm³/mol. The van der Waals surface area contributed by atoms with Crippen LogP contribution in [0.25, 0.3) is 10.9 Å². The van der Waals surface area contributed by atoms with Crippen molar-refractivity contribution in [1.82, 2.24) is 10.3 Å². The number of nitrogens with one attached hydrogen (secondary N) is 1. The molecule has 6 nitrogen and oxygen atoms in total. The summed E-state index contributed by atoms with van der Waals surface area (Å²) in [4.78, 5) is 19.0. The van der Waals surface area contributed by atoms with Gasteiger partial charge in [-0.1, -0.05) is 20.3 Å². The lowest BCUT2D eigenvalue weighted by Crippen LogP contribution is -2.41. The van der Waals surface area contributed by atoms with E-state index in [0.29, 0.717) is 22.2 Å². The van der Waals surface area contributed by atoms with Crippen molar-refractivity contribution in [2.24, 2.45) is 5.92 Å². The second-order valence-corrected chi connectivity index (χ2v) is 10.5. The van der Waals surface area contributed by atoms with E-state index >= 15 is 0 Å². The molecule has 2 fully saturated rings. The normalized spacial score (nSPS) is 19.8. The Kier molecular flexibility index (Phi) is 10.9. The quantitative estimate of drug-likeness (QED) is 0.532. The number of rotatable bonds is 4. The Labute approximate surface area is 209 Å². The number of fused-ring (bicyclic) bond motifs is 1. The van der Waals surface area contributed by atoms with Gasteiger partial charge in [0.15, 0.2) is 0 Å². The lowest BCUT2D eigenvalue weighted by molar-refractivity contribution is -0.00257. The van der Waals surface area contributed by atoms with E-state index in [-0.39, 0.29) is 29.8 Å². The van der Waals surface area contributed by atoms with Crippen LogP contribution in [0.2, 0.25) is 0 Å². The molecule has 4 rings (SSSR count). The molecule has 2 heterocycles. The Hall–Kier alpha value is -2.25. The van der Waals surface area contributed by atoms with Crippen molar-refractivity contribution < 1.29 is 19.4 Å². The topological polar surface area (TPSA) is 85.7 Å². The van der Waals surface area contributed by atoms with Gasteiger partial charge < -0.3 is 20.4 Å². The van der Waals surface area contributed by atoms with Gasteiger partial charge in [0.25, 0.3) is 5.91 Å². The Morgan fingerprint density at radius 3 is 2.23 bits per heavy atom. The minimum atomic E-state index is -0.670. The molecule has 7 heteroatoms.